The summed E-state index contributed by atoms with van der Waals surface area (Å²) in [5.41, 5.74) is 1.04. The van der Waals surface area contributed by atoms with Gasteiger partial charge in [0.2, 0.25) is 5.91 Å². The van der Waals surface area contributed by atoms with E-state index in [2.05, 4.69) is 5.32 Å². The zero-order chi connectivity index (χ0) is 18.1. The number of carbonyl (C=O) groups excluding carboxylic acids is 1. The zero-order valence-corrected chi connectivity index (χ0v) is 16.0. The number of ether oxygens (including phenoxy) is 2. The Balaban J connectivity index is 1.69. The van der Waals surface area contributed by atoms with Crippen molar-refractivity contribution >= 4 is 29.3 Å². The minimum absolute atomic E-state index is 0.0477. The van der Waals surface area contributed by atoms with Crippen LogP contribution in [0.2, 0.25) is 5.02 Å². The summed E-state index contributed by atoms with van der Waals surface area (Å²) >= 11 is 7.55. The number of nitrogens with one attached hydrogen (secondary N) is 1. The van der Waals surface area contributed by atoms with Gasteiger partial charge >= 0.3 is 0 Å². The van der Waals surface area contributed by atoms with Crippen LogP contribution in [-0.2, 0) is 11.2 Å². The highest BCUT2D eigenvalue weighted by Crippen LogP contribution is 2.28. The summed E-state index contributed by atoms with van der Waals surface area (Å²) in [6, 6.07) is 13.4. The molecule has 134 valence electrons. The van der Waals surface area contributed by atoms with Crippen LogP contribution in [0.25, 0.3) is 0 Å². The van der Waals surface area contributed by atoms with E-state index in [0.717, 1.165) is 21.2 Å². The van der Waals surface area contributed by atoms with Gasteiger partial charge in [-0.25, -0.2) is 0 Å². The molecule has 0 unspecified atom stereocenters. The molecule has 0 heterocycles. The van der Waals surface area contributed by atoms with Crippen LogP contribution in [0, 0.1) is 0 Å². The van der Waals surface area contributed by atoms with Crippen LogP contribution in [0.4, 0.5) is 0 Å². The van der Waals surface area contributed by atoms with E-state index in [1.807, 2.05) is 42.5 Å². The lowest BCUT2D eigenvalue weighted by atomic mass is 10.1. The number of amides is 1. The van der Waals surface area contributed by atoms with Gasteiger partial charge < -0.3 is 14.8 Å². The molecule has 2 aromatic carbocycles. The van der Waals surface area contributed by atoms with E-state index < -0.39 is 0 Å². The Morgan fingerprint density at radius 3 is 2.48 bits per heavy atom. The van der Waals surface area contributed by atoms with Gasteiger partial charge in [-0.2, -0.15) is 0 Å². The van der Waals surface area contributed by atoms with Gasteiger partial charge in [-0.3, -0.25) is 4.79 Å². The molecular formula is C19H22ClNO3S. The Bertz CT molecular complexity index is 692. The summed E-state index contributed by atoms with van der Waals surface area (Å²) in [6.07, 6.45) is 1.11. The summed E-state index contributed by atoms with van der Waals surface area (Å²) < 4.78 is 10.5. The monoisotopic (exact) mass is 379 g/mol. The number of halogens is 1. The Morgan fingerprint density at radius 2 is 1.80 bits per heavy atom. The first-order valence-corrected chi connectivity index (χ1v) is 9.34. The summed E-state index contributed by atoms with van der Waals surface area (Å²) in [7, 11) is 3.21. The number of benzene rings is 2. The molecule has 1 amide bonds. The molecule has 0 aliphatic carbocycles. The maximum atomic E-state index is 12.0. The largest absolute Gasteiger partial charge is 0.493 e. The minimum atomic E-state index is 0.0477. The average molecular weight is 380 g/mol. The SMILES string of the molecule is COc1ccc(CCC(=O)NCCSc2ccc(Cl)cc2)cc1OC. The molecule has 0 spiro atoms. The van der Waals surface area contributed by atoms with Gasteiger partial charge in [0.25, 0.3) is 0 Å². The molecule has 2 rings (SSSR count). The fourth-order valence-electron chi connectivity index (χ4n) is 2.27. The molecule has 0 radical (unpaired) electrons. The van der Waals surface area contributed by atoms with Gasteiger partial charge in [-0.1, -0.05) is 17.7 Å². The number of methoxy groups -OCH3 is 2. The zero-order valence-electron chi connectivity index (χ0n) is 14.4. The number of aryl methyl sites for hydroxylation is 1. The second-order valence-corrected chi connectivity index (χ2v) is 6.95. The van der Waals surface area contributed by atoms with Gasteiger partial charge in [-0.05, 0) is 48.4 Å². The van der Waals surface area contributed by atoms with Gasteiger partial charge in [0.1, 0.15) is 0 Å². The smallest absolute Gasteiger partial charge is 0.220 e. The predicted molar refractivity (Wildman–Crippen MR) is 103 cm³/mol. The molecule has 0 bridgehead atoms. The molecule has 0 aliphatic heterocycles. The van der Waals surface area contributed by atoms with Crippen LogP contribution in [0.1, 0.15) is 12.0 Å². The third kappa shape index (κ3) is 6.52. The van der Waals surface area contributed by atoms with E-state index in [0.29, 0.717) is 30.9 Å². The number of carbonyl (C=O) groups is 1. The summed E-state index contributed by atoms with van der Waals surface area (Å²) in [4.78, 5) is 13.1. The molecule has 1 N–H and O–H groups in total. The highest BCUT2D eigenvalue weighted by Gasteiger charge is 2.07. The van der Waals surface area contributed by atoms with Crippen molar-refractivity contribution in [2.45, 2.75) is 17.7 Å². The fourth-order valence-corrected chi connectivity index (χ4v) is 3.17. The van der Waals surface area contributed by atoms with E-state index in [9.17, 15) is 4.79 Å². The molecule has 6 heteroatoms. The fraction of sp³-hybridized carbons (Fsp3) is 0.316. The molecule has 0 saturated heterocycles. The van der Waals surface area contributed by atoms with E-state index in [-0.39, 0.29) is 5.91 Å². The van der Waals surface area contributed by atoms with E-state index in [4.69, 9.17) is 21.1 Å². The van der Waals surface area contributed by atoms with Crippen molar-refractivity contribution in [2.75, 3.05) is 26.5 Å². The molecule has 0 saturated carbocycles. The van der Waals surface area contributed by atoms with Crippen LogP contribution in [0.15, 0.2) is 47.4 Å². The molecule has 4 nitrogen and oxygen atoms in total. The lowest BCUT2D eigenvalue weighted by Crippen LogP contribution is -2.25. The molecule has 0 aromatic heterocycles. The van der Waals surface area contributed by atoms with Crippen molar-refractivity contribution < 1.29 is 14.3 Å². The lowest BCUT2D eigenvalue weighted by molar-refractivity contribution is -0.120. The van der Waals surface area contributed by atoms with Gasteiger partial charge in [0, 0.05) is 28.6 Å². The van der Waals surface area contributed by atoms with Crippen molar-refractivity contribution in [1.29, 1.82) is 0 Å². The number of hydrogen-bond acceptors (Lipinski definition) is 4. The van der Waals surface area contributed by atoms with E-state index in [1.165, 1.54) is 0 Å². The Morgan fingerprint density at radius 1 is 1.08 bits per heavy atom. The highest BCUT2D eigenvalue weighted by molar-refractivity contribution is 7.99. The number of hydrogen-bond donors (Lipinski definition) is 1. The van der Waals surface area contributed by atoms with Gasteiger partial charge in [0.15, 0.2) is 11.5 Å². The molecule has 0 atom stereocenters. The summed E-state index contributed by atoms with van der Waals surface area (Å²) in [5, 5.41) is 3.67. The quantitative estimate of drug-likeness (QED) is 0.524. The molecule has 0 aliphatic rings. The Kier molecular flexibility index (Phi) is 7.95. The Labute approximate surface area is 157 Å². The second kappa shape index (κ2) is 10.2. The van der Waals surface area contributed by atoms with E-state index in [1.54, 1.807) is 26.0 Å². The third-order valence-corrected chi connectivity index (χ3v) is 4.86. The molecule has 25 heavy (non-hydrogen) atoms. The van der Waals surface area contributed by atoms with Crippen LogP contribution >= 0.6 is 23.4 Å². The van der Waals surface area contributed by atoms with E-state index >= 15 is 0 Å². The van der Waals surface area contributed by atoms with Crippen molar-refractivity contribution in [3.05, 3.63) is 53.1 Å². The Hall–Kier alpha value is -1.85. The van der Waals surface area contributed by atoms with Crippen LogP contribution < -0.4 is 14.8 Å². The van der Waals surface area contributed by atoms with Crippen molar-refractivity contribution in [3.8, 4) is 11.5 Å². The normalized spacial score (nSPS) is 10.4. The standard InChI is InChI=1S/C19H22ClNO3S/c1-23-17-9-3-14(13-18(17)24-2)4-10-19(22)21-11-12-25-16-7-5-15(20)6-8-16/h3,5-9,13H,4,10-12H2,1-2H3,(H,21,22). The van der Waals surface area contributed by atoms with Gasteiger partial charge in [0.05, 0.1) is 14.2 Å². The average Bonchev–Trinajstić information content (AvgIpc) is 2.64. The highest BCUT2D eigenvalue weighted by atomic mass is 35.5. The first kappa shape index (κ1) is 19.5. The lowest BCUT2D eigenvalue weighted by Gasteiger charge is -2.10. The van der Waals surface area contributed by atoms with Crippen molar-refractivity contribution in [2.24, 2.45) is 0 Å². The first-order chi connectivity index (χ1) is 12.1. The third-order valence-electron chi connectivity index (χ3n) is 3.60. The van der Waals surface area contributed by atoms with Crippen molar-refractivity contribution in [1.82, 2.24) is 5.32 Å². The summed E-state index contributed by atoms with van der Waals surface area (Å²) in [6.45, 7) is 0.637. The topological polar surface area (TPSA) is 47.6 Å². The summed E-state index contributed by atoms with van der Waals surface area (Å²) in [5.74, 6) is 2.24. The van der Waals surface area contributed by atoms with Crippen molar-refractivity contribution in [3.63, 3.8) is 0 Å². The number of thioether (sulfide) groups is 1. The maximum absolute atomic E-state index is 12.0. The maximum Gasteiger partial charge on any atom is 0.220 e. The van der Waals surface area contributed by atoms with Crippen LogP contribution in [-0.4, -0.2) is 32.4 Å². The van der Waals surface area contributed by atoms with Gasteiger partial charge in [-0.15, -0.1) is 11.8 Å². The molecule has 2 aromatic rings. The second-order valence-electron chi connectivity index (χ2n) is 5.34. The molecule has 0 fully saturated rings. The van der Waals surface area contributed by atoms with Crippen LogP contribution in [0.5, 0.6) is 11.5 Å². The first-order valence-electron chi connectivity index (χ1n) is 7.98. The predicted octanol–water partition coefficient (Wildman–Crippen LogP) is 4.20. The van der Waals surface area contributed by atoms with Crippen LogP contribution in [0.3, 0.4) is 0 Å². The molecular weight excluding hydrogens is 358 g/mol. The number of rotatable bonds is 9. The minimum Gasteiger partial charge on any atom is -0.493 e.